The Bertz CT molecular complexity index is 3140. The lowest BCUT2D eigenvalue weighted by molar-refractivity contribution is 0.101. The third-order valence-corrected chi connectivity index (χ3v) is 10.9. The van der Waals surface area contributed by atoms with E-state index in [1.165, 1.54) is 105 Å². The number of carbonyl (C=O) groups is 2. The molecule has 5 N–H and O–H groups in total. The van der Waals surface area contributed by atoms with Gasteiger partial charge in [0.2, 0.25) is 0 Å². The van der Waals surface area contributed by atoms with Crippen LogP contribution < -0.4 is 21.8 Å². The van der Waals surface area contributed by atoms with Crippen molar-refractivity contribution in [2.75, 3.05) is 16.9 Å². The number of sulfone groups is 1. The smallest absolute Gasteiger partial charge is 0.273 e. The van der Waals surface area contributed by atoms with Gasteiger partial charge in [0, 0.05) is 63.1 Å². The third-order valence-electron chi connectivity index (χ3n) is 8.94. The van der Waals surface area contributed by atoms with Crippen LogP contribution in [0, 0.1) is 12.7 Å². The number of rotatable bonds is 8. The number of anilines is 2. The molecule has 5 aromatic heterocycles. The molecule has 0 aliphatic heterocycles. The van der Waals surface area contributed by atoms with E-state index < -0.39 is 38.6 Å². The number of phenols is 1. The maximum Gasteiger partial charge on any atom is 0.273 e. The average molecular weight is 790 g/mol. The quantitative estimate of drug-likeness (QED) is 0.121. The van der Waals surface area contributed by atoms with Crippen LogP contribution in [-0.2, 0) is 9.84 Å². The first kappa shape index (κ1) is 35.9. The zero-order valence-electron chi connectivity index (χ0n) is 29.2. The molecule has 0 atom stereocenters. The Morgan fingerprint density at radius 3 is 2.20 bits per heavy atom. The van der Waals surface area contributed by atoms with Crippen LogP contribution >= 0.6 is 11.3 Å². The van der Waals surface area contributed by atoms with Crippen molar-refractivity contribution in [3.05, 3.63) is 146 Å². The Labute approximate surface area is 319 Å². The zero-order chi connectivity index (χ0) is 39.5. The standard InChI is InChI=1S/C39H28FN7O7S2/c1-20-19-41-39(55-20)45-38(52)31-17-29-28(18-34(50)46(36(29)44-31)24-9-7-22(40)8-10-24)27-12-11-25(16-32(27)48)47-33(49)13-6-21-14-30(43-35(21)47)37(51)42-23-4-3-5-26(15-23)56(2,53)54/h3-19,43-44,48H,1-2H3,(H,42,51)(H,41,45,52). The van der Waals surface area contributed by atoms with Gasteiger partial charge in [-0.1, -0.05) is 6.07 Å². The molecule has 0 bridgehead atoms. The van der Waals surface area contributed by atoms with Gasteiger partial charge in [-0.2, -0.15) is 0 Å². The number of fused-ring (bicyclic) bond motifs is 2. The number of hydrogen-bond donors (Lipinski definition) is 5. The monoisotopic (exact) mass is 789 g/mol. The van der Waals surface area contributed by atoms with E-state index >= 15 is 0 Å². The Kier molecular flexibility index (Phi) is 8.74. The van der Waals surface area contributed by atoms with Crippen molar-refractivity contribution in [1.82, 2.24) is 24.1 Å². The highest BCUT2D eigenvalue weighted by atomic mass is 32.2. The second-order valence-electron chi connectivity index (χ2n) is 12.8. The molecule has 0 radical (unpaired) electrons. The fraction of sp³-hybridized carbons (Fsp3) is 0.0513. The molecule has 0 spiro atoms. The van der Waals surface area contributed by atoms with Crippen LogP contribution in [-0.4, -0.2) is 55.7 Å². The van der Waals surface area contributed by atoms with Crippen LogP contribution in [0.1, 0.15) is 25.9 Å². The second-order valence-corrected chi connectivity index (χ2v) is 16.1. The first-order valence-electron chi connectivity index (χ1n) is 16.7. The minimum Gasteiger partial charge on any atom is -0.507 e. The number of pyridine rings is 2. The van der Waals surface area contributed by atoms with Crippen molar-refractivity contribution in [2.45, 2.75) is 11.8 Å². The molecular formula is C39H28FN7O7S2. The maximum absolute atomic E-state index is 13.9. The second kappa shape index (κ2) is 13.6. The van der Waals surface area contributed by atoms with Crippen molar-refractivity contribution in [3.8, 4) is 28.3 Å². The number of hydrogen-bond acceptors (Lipinski definition) is 9. The summed E-state index contributed by atoms with van der Waals surface area (Å²) >= 11 is 1.28. The van der Waals surface area contributed by atoms with E-state index in [1.54, 1.807) is 18.3 Å². The molecule has 8 aromatic rings. The number of carbonyl (C=O) groups excluding carboxylic acids is 2. The topological polar surface area (TPSA) is 201 Å². The van der Waals surface area contributed by atoms with Crippen LogP contribution in [0.5, 0.6) is 5.75 Å². The lowest BCUT2D eigenvalue weighted by atomic mass is 10.0. The van der Waals surface area contributed by atoms with Crippen molar-refractivity contribution >= 4 is 65.9 Å². The Morgan fingerprint density at radius 2 is 1.48 bits per heavy atom. The van der Waals surface area contributed by atoms with E-state index in [0.29, 0.717) is 21.6 Å². The van der Waals surface area contributed by atoms with Crippen molar-refractivity contribution < 1.29 is 27.5 Å². The Balaban J connectivity index is 1.19. The normalized spacial score (nSPS) is 11.6. The number of aromatic amines is 2. The summed E-state index contributed by atoms with van der Waals surface area (Å²) in [7, 11) is -3.52. The third kappa shape index (κ3) is 6.65. The van der Waals surface area contributed by atoms with Crippen LogP contribution in [0.25, 0.3) is 44.6 Å². The molecule has 5 heterocycles. The number of phenolic OH excluding ortho intramolecular Hbond substituents is 1. The fourth-order valence-corrected chi connectivity index (χ4v) is 7.68. The van der Waals surface area contributed by atoms with Gasteiger partial charge in [0.1, 0.15) is 34.2 Å². The average Bonchev–Trinajstić information content (AvgIpc) is 3.90. The number of aryl methyl sites for hydroxylation is 1. The van der Waals surface area contributed by atoms with Gasteiger partial charge >= 0.3 is 0 Å². The summed E-state index contributed by atoms with van der Waals surface area (Å²) < 4.78 is 40.4. The summed E-state index contributed by atoms with van der Waals surface area (Å²) in [6.07, 6.45) is 2.68. The molecule has 14 nitrogen and oxygen atoms in total. The van der Waals surface area contributed by atoms with Crippen LogP contribution in [0.3, 0.4) is 0 Å². The lowest BCUT2D eigenvalue weighted by Crippen LogP contribution is -2.19. The highest BCUT2D eigenvalue weighted by Gasteiger charge is 2.22. The molecule has 3 aromatic carbocycles. The van der Waals surface area contributed by atoms with Gasteiger partial charge in [-0.25, -0.2) is 17.8 Å². The SMILES string of the molecule is Cc1cnc(NC(=O)c2cc3c(-c4ccc(-n5c(=O)ccc6cc(C(=O)Nc7cccc(S(C)(=O)=O)c7)[nH]c65)cc4O)cc(=O)n(-c4ccc(F)cc4)c3[nH]2)s1. The highest BCUT2D eigenvalue weighted by molar-refractivity contribution is 7.90. The summed E-state index contributed by atoms with van der Waals surface area (Å²) in [5, 5.41) is 18.1. The number of nitrogens with zero attached hydrogens (tertiary/aromatic N) is 3. The van der Waals surface area contributed by atoms with Gasteiger partial charge in [-0.15, -0.1) is 11.3 Å². The van der Waals surface area contributed by atoms with Gasteiger partial charge < -0.3 is 20.4 Å². The molecule has 2 amide bonds. The van der Waals surface area contributed by atoms with Gasteiger partial charge in [0.05, 0.1) is 16.3 Å². The number of H-pyrrole nitrogens is 2. The minimum absolute atomic E-state index is 0.0306. The number of amides is 2. The van der Waals surface area contributed by atoms with Crippen molar-refractivity contribution in [2.24, 2.45) is 0 Å². The first-order valence-corrected chi connectivity index (χ1v) is 19.4. The molecule has 0 saturated carbocycles. The Morgan fingerprint density at radius 1 is 0.786 bits per heavy atom. The lowest BCUT2D eigenvalue weighted by Gasteiger charge is -2.14. The molecule has 0 fully saturated rings. The number of benzene rings is 3. The first-order chi connectivity index (χ1) is 26.7. The number of nitrogens with one attached hydrogen (secondary N) is 4. The van der Waals surface area contributed by atoms with Gasteiger partial charge in [0.15, 0.2) is 15.0 Å². The molecule has 280 valence electrons. The molecular weight excluding hydrogens is 762 g/mol. The summed E-state index contributed by atoms with van der Waals surface area (Å²) in [5.41, 5.74) is 0.818. The van der Waals surface area contributed by atoms with E-state index in [0.717, 1.165) is 11.1 Å². The minimum atomic E-state index is -3.52. The largest absolute Gasteiger partial charge is 0.507 e. The summed E-state index contributed by atoms with van der Waals surface area (Å²) in [5.74, 6) is -1.94. The van der Waals surface area contributed by atoms with E-state index in [2.05, 4.69) is 25.6 Å². The summed E-state index contributed by atoms with van der Waals surface area (Å²) in [6.45, 7) is 1.85. The van der Waals surface area contributed by atoms with Crippen molar-refractivity contribution in [1.29, 1.82) is 0 Å². The number of thiazole rings is 1. The molecule has 0 aliphatic rings. The predicted octanol–water partition coefficient (Wildman–Crippen LogP) is 6.14. The molecule has 0 saturated heterocycles. The van der Waals surface area contributed by atoms with Crippen LogP contribution in [0.2, 0.25) is 0 Å². The van der Waals surface area contributed by atoms with E-state index in [9.17, 15) is 37.1 Å². The molecule has 17 heteroatoms. The van der Waals surface area contributed by atoms with E-state index in [4.69, 9.17) is 0 Å². The summed E-state index contributed by atoms with van der Waals surface area (Å²) in [6, 6.07) is 22.6. The number of halogens is 1. The molecule has 0 unspecified atom stereocenters. The van der Waals surface area contributed by atoms with Crippen LogP contribution in [0.15, 0.2) is 118 Å². The van der Waals surface area contributed by atoms with Gasteiger partial charge in [-0.3, -0.25) is 33.6 Å². The fourth-order valence-electron chi connectivity index (χ4n) is 6.36. The molecule has 56 heavy (non-hydrogen) atoms. The summed E-state index contributed by atoms with van der Waals surface area (Å²) in [4.78, 5) is 64.7. The number of aromatic hydroxyl groups is 1. The van der Waals surface area contributed by atoms with E-state index in [-0.39, 0.29) is 55.8 Å². The maximum atomic E-state index is 13.9. The van der Waals surface area contributed by atoms with Crippen LogP contribution in [0.4, 0.5) is 15.2 Å². The van der Waals surface area contributed by atoms with Crippen molar-refractivity contribution in [3.63, 3.8) is 0 Å². The van der Waals surface area contributed by atoms with Gasteiger partial charge in [0.25, 0.3) is 22.9 Å². The highest BCUT2D eigenvalue weighted by Crippen LogP contribution is 2.36. The van der Waals surface area contributed by atoms with E-state index in [1.807, 2.05) is 6.92 Å². The zero-order valence-corrected chi connectivity index (χ0v) is 30.9. The predicted molar refractivity (Wildman–Crippen MR) is 211 cm³/mol. The number of aromatic nitrogens is 5. The molecule has 8 rings (SSSR count). The molecule has 0 aliphatic carbocycles. The Hall–Kier alpha value is -7.11. The van der Waals surface area contributed by atoms with Gasteiger partial charge in [-0.05, 0) is 79.7 Å².